The van der Waals surface area contributed by atoms with Crippen LogP contribution < -0.4 is 4.90 Å². The van der Waals surface area contributed by atoms with Crippen molar-refractivity contribution in [3.63, 3.8) is 0 Å². The van der Waals surface area contributed by atoms with Crippen LogP contribution in [0.3, 0.4) is 0 Å². The smallest absolute Gasteiger partial charge is 0.241 e. The van der Waals surface area contributed by atoms with Crippen molar-refractivity contribution in [1.82, 2.24) is 0 Å². The van der Waals surface area contributed by atoms with Crippen LogP contribution in [0.4, 0.5) is 5.69 Å². The van der Waals surface area contributed by atoms with Gasteiger partial charge < -0.3 is 4.74 Å². The zero-order valence-corrected chi connectivity index (χ0v) is 18.9. The highest BCUT2D eigenvalue weighted by Gasteiger charge is 2.74. The molecule has 2 aliphatic heterocycles. The largest absolute Gasteiger partial charge is 0.349 e. The van der Waals surface area contributed by atoms with E-state index in [1.165, 1.54) is 12.1 Å². The average Bonchev–Trinajstić information content (AvgIpc) is 3.40. The lowest BCUT2D eigenvalue weighted by Gasteiger charge is -2.27. The van der Waals surface area contributed by atoms with Crippen LogP contribution in [0.5, 0.6) is 0 Å². The lowest BCUT2D eigenvalue weighted by Crippen LogP contribution is -2.51. The molecule has 3 atom stereocenters. The van der Waals surface area contributed by atoms with Gasteiger partial charge in [-0.05, 0) is 29.8 Å². The standard InChI is InChI=1S/C26H15Cl2NO5/c27-14-11-9-13(10-12-14)21-19-20(25(33)29(24(19)32)18-8-4-3-7-17(18)28)26(34-21)22(30)15-5-1-2-6-16(15)23(26)31/h1-12,19-21H/t19-,20-,21+/m0/s1. The SMILES string of the molecule is O=C1[C@@H]2[C@@H](c3ccc(Cl)cc3)OC3(C(=O)c4ccccc4C3=O)[C@@H]2C(=O)N1c1ccccc1Cl. The number of rotatable bonds is 2. The molecule has 2 amide bonds. The molecule has 1 spiro atoms. The summed E-state index contributed by atoms with van der Waals surface area (Å²) in [5.41, 5.74) is -1.02. The van der Waals surface area contributed by atoms with Crippen LogP contribution >= 0.6 is 23.2 Å². The summed E-state index contributed by atoms with van der Waals surface area (Å²) in [7, 11) is 0. The van der Waals surface area contributed by atoms with Gasteiger partial charge in [-0.15, -0.1) is 0 Å². The molecule has 34 heavy (non-hydrogen) atoms. The van der Waals surface area contributed by atoms with Crippen molar-refractivity contribution in [2.24, 2.45) is 11.8 Å². The Morgan fingerprint density at radius 2 is 1.32 bits per heavy atom. The van der Waals surface area contributed by atoms with Crippen LogP contribution in [-0.2, 0) is 14.3 Å². The molecule has 1 aliphatic carbocycles. The van der Waals surface area contributed by atoms with Crippen LogP contribution in [0.1, 0.15) is 32.4 Å². The molecule has 0 radical (unpaired) electrons. The number of ketones is 2. The zero-order chi connectivity index (χ0) is 23.8. The van der Waals surface area contributed by atoms with Crippen molar-refractivity contribution in [3.05, 3.63) is 99.5 Å². The van der Waals surface area contributed by atoms with Gasteiger partial charge in [0.1, 0.15) is 0 Å². The highest BCUT2D eigenvalue weighted by atomic mass is 35.5. The number of anilines is 1. The van der Waals surface area contributed by atoms with E-state index in [1.807, 2.05) is 0 Å². The predicted molar refractivity (Wildman–Crippen MR) is 124 cm³/mol. The number of amides is 2. The van der Waals surface area contributed by atoms with Gasteiger partial charge in [0.25, 0.3) is 0 Å². The number of carbonyl (C=O) groups is 4. The van der Waals surface area contributed by atoms with Gasteiger partial charge in [0.15, 0.2) is 0 Å². The molecule has 0 N–H and O–H groups in total. The summed E-state index contributed by atoms with van der Waals surface area (Å²) in [5.74, 6) is -4.90. The first-order valence-electron chi connectivity index (χ1n) is 10.6. The number of benzene rings is 3. The average molecular weight is 492 g/mol. The van der Waals surface area contributed by atoms with E-state index in [9.17, 15) is 19.2 Å². The van der Waals surface area contributed by atoms with Crippen LogP contribution in [0.15, 0.2) is 72.8 Å². The molecule has 6 nitrogen and oxygen atoms in total. The van der Waals surface area contributed by atoms with Gasteiger partial charge in [0, 0.05) is 16.1 Å². The molecular weight excluding hydrogens is 477 g/mol. The fraction of sp³-hybridized carbons (Fsp3) is 0.154. The third-order valence-corrected chi connectivity index (χ3v) is 7.38. The molecule has 2 heterocycles. The van der Waals surface area contributed by atoms with Crippen molar-refractivity contribution in [2.45, 2.75) is 11.7 Å². The Balaban J connectivity index is 1.56. The van der Waals surface area contributed by atoms with E-state index in [0.717, 1.165) is 4.90 Å². The van der Waals surface area contributed by atoms with E-state index in [1.54, 1.807) is 60.7 Å². The van der Waals surface area contributed by atoms with Crippen LogP contribution in [0.2, 0.25) is 10.0 Å². The fourth-order valence-electron chi connectivity index (χ4n) is 5.34. The van der Waals surface area contributed by atoms with Crippen LogP contribution in [0, 0.1) is 11.8 Å². The summed E-state index contributed by atoms with van der Waals surface area (Å²) in [6, 6.07) is 19.4. The number of hydrogen-bond donors (Lipinski definition) is 0. The summed E-state index contributed by atoms with van der Waals surface area (Å²) in [4.78, 5) is 55.9. The van der Waals surface area contributed by atoms with Crippen molar-refractivity contribution in [3.8, 4) is 0 Å². The third kappa shape index (κ3) is 2.61. The number of ether oxygens (including phenoxy) is 1. The molecule has 0 saturated carbocycles. The number of Topliss-reactive ketones (excluding diaryl/α,β-unsaturated/α-hetero) is 2. The van der Waals surface area contributed by atoms with Crippen molar-refractivity contribution < 1.29 is 23.9 Å². The van der Waals surface area contributed by atoms with Gasteiger partial charge in [-0.1, -0.05) is 71.7 Å². The van der Waals surface area contributed by atoms with Gasteiger partial charge in [0.05, 0.1) is 28.6 Å². The summed E-state index contributed by atoms with van der Waals surface area (Å²) >= 11 is 12.4. The maximum atomic E-state index is 13.8. The Hall–Kier alpha value is -3.32. The first-order chi connectivity index (χ1) is 16.4. The van der Waals surface area contributed by atoms with Gasteiger partial charge in [-0.2, -0.15) is 0 Å². The van der Waals surface area contributed by atoms with Crippen molar-refractivity contribution >= 4 is 52.3 Å². The summed E-state index contributed by atoms with van der Waals surface area (Å²) in [6.07, 6.45) is -1.01. The van der Waals surface area contributed by atoms with Crippen LogP contribution in [0.25, 0.3) is 0 Å². The van der Waals surface area contributed by atoms with E-state index < -0.39 is 46.9 Å². The van der Waals surface area contributed by atoms with Gasteiger partial charge in [-0.25, -0.2) is 4.90 Å². The molecule has 3 aromatic rings. The molecule has 168 valence electrons. The quantitative estimate of drug-likeness (QED) is 0.383. The molecule has 3 aliphatic rings. The number of para-hydroxylation sites is 1. The molecule has 2 fully saturated rings. The second kappa shape index (κ2) is 7.34. The number of fused-ring (bicyclic) bond motifs is 3. The summed E-state index contributed by atoms with van der Waals surface area (Å²) in [6.45, 7) is 0. The Morgan fingerprint density at radius 3 is 1.94 bits per heavy atom. The monoisotopic (exact) mass is 491 g/mol. The maximum absolute atomic E-state index is 13.8. The van der Waals surface area contributed by atoms with Gasteiger partial charge >= 0.3 is 0 Å². The van der Waals surface area contributed by atoms with Gasteiger partial charge in [-0.3, -0.25) is 19.2 Å². The number of nitrogens with zero attached hydrogens (tertiary/aromatic N) is 1. The van der Waals surface area contributed by atoms with E-state index in [4.69, 9.17) is 27.9 Å². The Bertz CT molecular complexity index is 1380. The minimum atomic E-state index is -2.12. The summed E-state index contributed by atoms with van der Waals surface area (Å²) in [5, 5.41) is 0.675. The number of hydrogen-bond acceptors (Lipinski definition) is 5. The van der Waals surface area contributed by atoms with E-state index in [-0.39, 0.29) is 21.8 Å². The zero-order valence-electron chi connectivity index (χ0n) is 17.4. The molecule has 8 heteroatoms. The van der Waals surface area contributed by atoms with E-state index in [0.29, 0.717) is 10.6 Å². The number of imide groups is 1. The normalized spacial score (nSPS) is 24.8. The lowest BCUT2D eigenvalue weighted by atomic mass is 9.77. The second-order valence-electron chi connectivity index (χ2n) is 8.50. The lowest BCUT2D eigenvalue weighted by molar-refractivity contribution is -0.127. The first-order valence-corrected chi connectivity index (χ1v) is 11.4. The third-order valence-electron chi connectivity index (χ3n) is 6.81. The van der Waals surface area contributed by atoms with Crippen LogP contribution in [-0.4, -0.2) is 29.0 Å². The molecule has 0 bridgehead atoms. The van der Waals surface area contributed by atoms with Crippen molar-refractivity contribution in [1.29, 1.82) is 0 Å². The Labute approximate surface area is 204 Å². The highest BCUT2D eigenvalue weighted by Crippen LogP contribution is 2.58. The molecular formula is C26H15Cl2NO5. The van der Waals surface area contributed by atoms with Gasteiger partial charge in [0.2, 0.25) is 29.0 Å². The van der Waals surface area contributed by atoms with E-state index in [2.05, 4.69) is 0 Å². The molecule has 0 aromatic heterocycles. The Kier molecular flexibility index (Phi) is 4.58. The predicted octanol–water partition coefficient (Wildman–Crippen LogP) is 4.69. The number of carbonyl (C=O) groups excluding carboxylic acids is 4. The topological polar surface area (TPSA) is 80.8 Å². The maximum Gasteiger partial charge on any atom is 0.241 e. The Morgan fingerprint density at radius 1 is 0.735 bits per heavy atom. The minimum absolute atomic E-state index is 0.180. The molecule has 2 saturated heterocycles. The van der Waals surface area contributed by atoms with E-state index >= 15 is 0 Å². The molecule has 6 rings (SSSR count). The number of halogens is 2. The summed E-state index contributed by atoms with van der Waals surface area (Å²) < 4.78 is 6.22. The second-order valence-corrected chi connectivity index (χ2v) is 9.34. The fourth-order valence-corrected chi connectivity index (χ4v) is 5.69. The highest BCUT2D eigenvalue weighted by molar-refractivity contribution is 6.39. The van der Waals surface area contributed by atoms with Crippen molar-refractivity contribution in [2.75, 3.05) is 4.90 Å². The molecule has 0 unspecified atom stereocenters. The molecule has 3 aromatic carbocycles. The minimum Gasteiger partial charge on any atom is -0.349 e. The first kappa shape index (κ1) is 21.2.